The summed E-state index contributed by atoms with van der Waals surface area (Å²) in [6.07, 6.45) is -0.0252. The Hall–Kier alpha value is -3.44. The maximum Gasteiger partial charge on any atom is 0.262 e. The van der Waals surface area contributed by atoms with E-state index in [0.29, 0.717) is 16.8 Å². The van der Waals surface area contributed by atoms with E-state index in [4.69, 9.17) is 0 Å². The first-order chi connectivity index (χ1) is 13.6. The highest BCUT2D eigenvalue weighted by molar-refractivity contribution is 6.08. The number of nitrogens with zero attached hydrogens (tertiary/aromatic N) is 1. The van der Waals surface area contributed by atoms with Gasteiger partial charge < -0.3 is 10.4 Å². The zero-order valence-corrected chi connectivity index (χ0v) is 15.2. The van der Waals surface area contributed by atoms with Gasteiger partial charge >= 0.3 is 0 Å². The van der Waals surface area contributed by atoms with Crippen molar-refractivity contribution in [1.82, 2.24) is 5.32 Å². The number of hydrogen-bond acceptors (Lipinski definition) is 3. The van der Waals surface area contributed by atoms with Crippen LogP contribution >= 0.6 is 0 Å². The molecule has 0 aromatic heterocycles. The van der Waals surface area contributed by atoms with E-state index in [1.807, 2.05) is 36.4 Å². The molecule has 2 N–H and O–H groups in total. The number of aliphatic hydroxyl groups is 1. The van der Waals surface area contributed by atoms with Gasteiger partial charge in [0.15, 0.2) is 0 Å². The Balaban J connectivity index is 1.72. The van der Waals surface area contributed by atoms with Crippen molar-refractivity contribution in [2.45, 2.75) is 19.2 Å². The highest BCUT2D eigenvalue weighted by Crippen LogP contribution is 2.29. The van der Waals surface area contributed by atoms with Crippen LogP contribution in [0.2, 0.25) is 0 Å². The number of hydrogen-bond donors (Lipinski definition) is 2. The Labute approximate surface area is 163 Å². The van der Waals surface area contributed by atoms with Crippen LogP contribution in [0.5, 0.6) is 0 Å². The number of fused-ring (bicyclic) bond motifs is 2. The first kappa shape index (κ1) is 17.9. The molecule has 0 spiro atoms. The Bertz CT molecular complexity index is 1020. The van der Waals surface area contributed by atoms with Crippen LogP contribution in [-0.2, 0) is 12.8 Å². The van der Waals surface area contributed by atoms with Crippen LogP contribution in [0.4, 0.5) is 5.69 Å². The second-order valence-electron chi connectivity index (χ2n) is 6.67. The van der Waals surface area contributed by atoms with Crippen molar-refractivity contribution in [3.63, 3.8) is 0 Å². The van der Waals surface area contributed by atoms with Gasteiger partial charge in [-0.3, -0.25) is 14.5 Å². The lowest BCUT2D eigenvalue weighted by atomic mass is 9.95. The molecular weight excluding hydrogens is 352 g/mol. The van der Waals surface area contributed by atoms with Crippen LogP contribution in [0.3, 0.4) is 0 Å². The van der Waals surface area contributed by atoms with Crippen LogP contribution in [0.25, 0.3) is 0 Å². The number of rotatable bonds is 3. The normalized spacial score (nSPS) is 14.3. The summed E-state index contributed by atoms with van der Waals surface area (Å²) in [5.41, 5.74) is 3.41. The van der Waals surface area contributed by atoms with Crippen LogP contribution < -0.4 is 10.2 Å². The Morgan fingerprint density at radius 1 is 0.857 bits per heavy atom. The van der Waals surface area contributed by atoms with Crippen molar-refractivity contribution in [2.24, 2.45) is 0 Å². The molecule has 1 aliphatic heterocycles. The molecule has 0 saturated carbocycles. The predicted octanol–water partition coefficient (Wildman–Crippen LogP) is 3.14. The lowest BCUT2D eigenvalue weighted by molar-refractivity contribution is 0.0714. The summed E-state index contributed by atoms with van der Waals surface area (Å²) in [7, 11) is 0. The van der Waals surface area contributed by atoms with Crippen molar-refractivity contribution in [2.75, 3.05) is 4.90 Å². The van der Waals surface area contributed by atoms with Gasteiger partial charge in [0, 0.05) is 11.1 Å². The summed E-state index contributed by atoms with van der Waals surface area (Å²) >= 11 is 0. The third-order valence-electron chi connectivity index (χ3n) is 4.92. The number of aryl methyl sites for hydroxylation is 2. The third-order valence-corrected chi connectivity index (χ3v) is 4.92. The van der Waals surface area contributed by atoms with E-state index < -0.39 is 12.3 Å². The van der Waals surface area contributed by atoms with E-state index in [0.717, 1.165) is 24.0 Å². The summed E-state index contributed by atoms with van der Waals surface area (Å²) in [5, 5.41) is 13.4. The maximum atomic E-state index is 13.3. The lowest BCUT2D eigenvalue weighted by Crippen LogP contribution is -2.52. The summed E-state index contributed by atoms with van der Waals surface area (Å²) < 4.78 is 0. The first-order valence-corrected chi connectivity index (χ1v) is 9.18. The lowest BCUT2D eigenvalue weighted by Gasteiger charge is -2.32. The predicted molar refractivity (Wildman–Crippen MR) is 107 cm³/mol. The monoisotopic (exact) mass is 372 g/mol. The summed E-state index contributed by atoms with van der Waals surface area (Å²) in [6, 6.07) is 23.4. The molecule has 28 heavy (non-hydrogen) atoms. The zero-order valence-electron chi connectivity index (χ0n) is 15.2. The number of para-hydroxylation sites is 1. The smallest absolute Gasteiger partial charge is 0.262 e. The molecule has 1 heterocycles. The van der Waals surface area contributed by atoms with Gasteiger partial charge in [-0.25, -0.2) is 0 Å². The fraction of sp³-hybridized carbons (Fsp3) is 0.130. The average molecular weight is 372 g/mol. The molecule has 2 amide bonds. The molecule has 140 valence electrons. The van der Waals surface area contributed by atoms with Gasteiger partial charge in [-0.2, -0.15) is 0 Å². The molecule has 3 aromatic rings. The second kappa shape index (κ2) is 7.66. The van der Waals surface area contributed by atoms with E-state index in [1.165, 1.54) is 4.90 Å². The van der Waals surface area contributed by atoms with Crippen molar-refractivity contribution >= 4 is 17.5 Å². The summed E-state index contributed by atoms with van der Waals surface area (Å²) in [4.78, 5) is 27.1. The van der Waals surface area contributed by atoms with Gasteiger partial charge in [-0.15, -0.1) is 0 Å². The number of benzene rings is 3. The van der Waals surface area contributed by atoms with Crippen molar-refractivity contribution in [1.29, 1.82) is 0 Å². The molecule has 0 fully saturated rings. The number of aliphatic hydroxyl groups excluding tert-OH is 1. The number of carbonyl (C=O) groups is 2. The first-order valence-electron chi connectivity index (χ1n) is 9.18. The fourth-order valence-corrected chi connectivity index (χ4v) is 3.51. The largest absolute Gasteiger partial charge is 0.356 e. The molecule has 0 radical (unpaired) electrons. The van der Waals surface area contributed by atoms with E-state index in [2.05, 4.69) is 5.32 Å². The highest BCUT2D eigenvalue weighted by Gasteiger charge is 2.30. The molecular formula is C23H20N2O3. The minimum atomic E-state index is -1.49. The molecule has 5 heteroatoms. The molecule has 0 saturated heterocycles. The molecule has 1 atom stereocenters. The standard InChI is InChI=1S/C23H20N2O3/c26-21(18-10-2-1-3-11-18)24-23(28)25-20-13-7-5-9-17(20)15-14-16-8-4-6-12-19(16)22(25)27/h1-13,23,28H,14-15H2,(H,24,26). The molecule has 3 aromatic carbocycles. The number of amides is 2. The molecule has 0 aliphatic carbocycles. The zero-order chi connectivity index (χ0) is 19.5. The summed E-state index contributed by atoms with van der Waals surface area (Å²) in [5.74, 6) is -0.794. The minimum Gasteiger partial charge on any atom is -0.356 e. The number of anilines is 1. The van der Waals surface area contributed by atoms with Crippen LogP contribution in [0.1, 0.15) is 31.8 Å². The van der Waals surface area contributed by atoms with Crippen LogP contribution in [0.15, 0.2) is 78.9 Å². The number of nitrogens with one attached hydrogen (secondary N) is 1. The molecule has 4 rings (SSSR count). The Morgan fingerprint density at radius 3 is 2.25 bits per heavy atom. The molecule has 5 nitrogen and oxygen atoms in total. The van der Waals surface area contributed by atoms with Crippen molar-refractivity contribution in [3.8, 4) is 0 Å². The van der Waals surface area contributed by atoms with E-state index >= 15 is 0 Å². The van der Waals surface area contributed by atoms with Crippen LogP contribution in [-0.4, -0.2) is 23.3 Å². The van der Waals surface area contributed by atoms with Gasteiger partial charge in [0.1, 0.15) is 0 Å². The topological polar surface area (TPSA) is 69.6 Å². The molecule has 1 aliphatic rings. The van der Waals surface area contributed by atoms with E-state index in [9.17, 15) is 14.7 Å². The third kappa shape index (κ3) is 3.40. The van der Waals surface area contributed by atoms with Crippen LogP contribution in [0, 0.1) is 0 Å². The van der Waals surface area contributed by atoms with Crippen molar-refractivity contribution in [3.05, 3.63) is 101 Å². The minimum absolute atomic E-state index is 0.344. The highest BCUT2D eigenvalue weighted by atomic mass is 16.3. The van der Waals surface area contributed by atoms with Gasteiger partial charge in [0.25, 0.3) is 11.8 Å². The Kier molecular flexibility index (Phi) is 4.91. The quantitative estimate of drug-likeness (QED) is 0.694. The summed E-state index contributed by atoms with van der Waals surface area (Å²) in [6.45, 7) is 0. The molecule has 0 bridgehead atoms. The van der Waals surface area contributed by atoms with Gasteiger partial charge in [0.2, 0.25) is 6.35 Å². The SMILES string of the molecule is O=C(NC(O)N1C(=O)c2ccccc2CCc2ccccc21)c1ccccc1. The van der Waals surface area contributed by atoms with Gasteiger partial charge in [-0.1, -0.05) is 54.6 Å². The average Bonchev–Trinajstić information content (AvgIpc) is 2.73. The van der Waals surface area contributed by atoms with E-state index in [1.54, 1.807) is 42.5 Å². The Morgan fingerprint density at radius 2 is 1.46 bits per heavy atom. The number of carbonyl (C=O) groups excluding carboxylic acids is 2. The fourth-order valence-electron chi connectivity index (χ4n) is 3.51. The molecule has 1 unspecified atom stereocenters. The van der Waals surface area contributed by atoms with E-state index in [-0.39, 0.29) is 5.91 Å². The van der Waals surface area contributed by atoms with Gasteiger partial charge in [-0.05, 0) is 48.2 Å². The second-order valence-corrected chi connectivity index (χ2v) is 6.67. The van der Waals surface area contributed by atoms with Crippen molar-refractivity contribution < 1.29 is 14.7 Å². The maximum absolute atomic E-state index is 13.3. The van der Waals surface area contributed by atoms with Gasteiger partial charge in [0.05, 0.1) is 5.69 Å².